The Hall–Kier alpha value is -1.80. The lowest BCUT2D eigenvalue weighted by Crippen LogP contribution is -2.20. The summed E-state index contributed by atoms with van der Waals surface area (Å²) in [6.07, 6.45) is 0. The number of benzene rings is 2. The van der Waals surface area contributed by atoms with Crippen LogP contribution in [0.1, 0.15) is 33.9 Å². The highest BCUT2D eigenvalue weighted by Gasteiger charge is 2.12. The van der Waals surface area contributed by atoms with E-state index in [-0.39, 0.29) is 6.04 Å². The van der Waals surface area contributed by atoms with Crippen molar-refractivity contribution in [1.82, 2.24) is 0 Å². The molecule has 0 spiro atoms. The van der Waals surface area contributed by atoms with Crippen molar-refractivity contribution in [3.05, 3.63) is 64.2 Å². The molecule has 1 atom stereocenters. The molecule has 0 radical (unpaired) electrons. The molecule has 2 rings (SSSR count). The van der Waals surface area contributed by atoms with Crippen LogP contribution in [0.3, 0.4) is 0 Å². The van der Waals surface area contributed by atoms with Crippen LogP contribution in [-0.2, 0) is 0 Å². The van der Waals surface area contributed by atoms with Crippen LogP contribution >= 0.6 is 0 Å². The number of nitrogens with two attached hydrogens (primary N) is 1. The second-order valence-electron chi connectivity index (χ2n) is 5.43. The van der Waals surface area contributed by atoms with E-state index in [1.54, 1.807) is 0 Å². The van der Waals surface area contributed by atoms with Gasteiger partial charge in [0.1, 0.15) is 12.4 Å². The largest absolute Gasteiger partial charge is 0.491 e. The van der Waals surface area contributed by atoms with Gasteiger partial charge in [0, 0.05) is 0 Å². The maximum Gasteiger partial charge on any atom is 0.125 e. The van der Waals surface area contributed by atoms with E-state index in [9.17, 15) is 0 Å². The lowest BCUT2D eigenvalue weighted by atomic mass is 10.0. The summed E-state index contributed by atoms with van der Waals surface area (Å²) in [5.41, 5.74) is 12.2. The van der Waals surface area contributed by atoms with E-state index >= 15 is 0 Å². The highest BCUT2D eigenvalue weighted by molar-refractivity contribution is 5.44. The van der Waals surface area contributed by atoms with Gasteiger partial charge in [-0.05, 0) is 55.5 Å². The SMILES string of the molecule is Cc1ccccc1C(N)COc1c(C)ccc(C)c1C. The Morgan fingerprint density at radius 2 is 1.55 bits per heavy atom. The number of aryl methyl sites for hydroxylation is 3. The van der Waals surface area contributed by atoms with Crippen molar-refractivity contribution in [2.45, 2.75) is 33.7 Å². The first kappa shape index (κ1) is 14.6. The third-order valence-electron chi connectivity index (χ3n) is 3.87. The summed E-state index contributed by atoms with van der Waals surface area (Å²) in [5, 5.41) is 0. The molecule has 0 aliphatic carbocycles. The lowest BCUT2D eigenvalue weighted by molar-refractivity contribution is 0.286. The van der Waals surface area contributed by atoms with Gasteiger partial charge in [-0.1, -0.05) is 36.4 Å². The zero-order chi connectivity index (χ0) is 14.7. The molecule has 0 amide bonds. The van der Waals surface area contributed by atoms with Crippen LogP contribution in [0.25, 0.3) is 0 Å². The van der Waals surface area contributed by atoms with Gasteiger partial charge in [0.05, 0.1) is 6.04 Å². The van der Waals surface area contributed by atoms with Gasteiger partial charge in [0.25, 0.3) is 0 Å². The molecule has 2 heteroatoms. The number of hydrogen-bond donors (Lipinski definition) is 1. The van der Waals surface area contributed by atoms with Crippen molar-refractivity contribution in [2.24, 2.45) is 5.73 Å². The second-order valence-corrected chi connectivity index (χ2v) is 5.43. The minimum atomic E-state index is -0.101. The van der Waals surface area contributed by atoms with Crippen molar-refractivity contribution >= 4 is 0 Å². The average molecular weight is 269 g/mol. The third-order valence-corrected chi connectivity index (χ3v) is 3.87. The molecule has 0 heterocycles. The molecular formula is C18H23NO. The van der Waals surface area contributed by atoms with Crippen molar-refractivity contribution in [2.75, 3.05) is 6.61 Å². The van der Waals surface area contributed by atoms with Crippen LogP contribution < -0.4 is 10.5 Å². The Bertz CT molecular complexity index is 604. The molecule has 0 saturated carbocycles. The summed E-state index contributed by atoms with van der Waals surface area (Å²) in [6, 6.07) is 12.3. The Morgan fingerprint density at radius 1 is 0.900 bits per heavy atom. The standard InChI is InChI=1S/C18H23NO/c1-12-9-10-14(3)18(15(12)4)20-11-17(19)16-8-6-5-7-13(16)2/h5-10,17H,11,19H2,1-4H3. The van der Waals surface area contributed by atoms with Crippen LogP contribution in [0.2, 0.25) is 0 Å². The normalized spacial score (nSPS) is 12.2. The minimum Gasteiger partial charge on any atom is -0.491 e. The molecule has 2 aromatic rings. The molecule has 1 unspecified atom stereocenters. The van der Waals surface area contributed by atoms with Crippen molar-refractivity contribution < 1.29 is 4.74 Å². The van der Waals surface area contributed by atoms with Gasteiger partial charge >= 0.3 is 0 Å². The van der Waals surface area contributed by atoms with Crippen LogP contribution in [0.4, 0.5) is 0 Å². The monoisotopic (exact) mass is 269 g/mol. The van der Waals surface area contributed by atoms with Gasteiger partial charge in [0.15, 0.2) is 0 Å². The summed E-state index contributed by atoms with van der Waals surface area (Å²) >= 11 is 0. The first-order chi connectivity index (χ1) is 9.50. The minimum absolute atomic E-state index is 0.101. The summed E-state index contributed by atoms with van der Waals surface area (Å²) in [6.45, 7) is 8.84. The van der Waals surface area contributed by atoms with E-state index in [0.717, 1.165) is 16.9 Å². The van der Waals surface area contributed by atoms with Gasteiger partial charge in [-0.15, -0.1) is 0 Å². The highest BCUT2D eigenvalue weighted by Crippen LogP contribution is 2.27. The Balaban J connectivity index is 2.14. The first-order valence-electron chi connectivity index (χ1n) is 7.01. The van der Waals surface area contributed by atoms with E-state index in [2.05, 4.69) is 52.0 Å². The average Bonchev–Trinajstić information content (AvgIpc) is 2.43. The molecule has 0 aliphatic rings. The van der Waals surface area contributed by atoms with Gasteiger partial charge in [0.2, 0.25) is 0 Å². The summed E-state index contributed by atoms with van der Waals surface area (Å²) < 4.78 is 5.99. The second kappa shape index (κ2) is 6.10. The number of rotatable bonds is 4. The van der Waals surface area contributed by atoms with E-state index in [1.807, 2.05) is 12.1 Å². The van der Waals surface area contributed by atoms with E-state index in [4.69, 9.17) is 10.5 Å². The number of hydrogen-bond acceptors (Lipinski definition) is 2. The topological polar surface area (TPSA) is 35.2 Å². The summed E-state index contributed by atoms with van der Waals surface area (Å²) in [4.78, 5) is 0. The predicted molar refractivity (Wildman–Crippen MR) is 84.3 cm³/mol. The maximum absolute atomic E-state index is 6.26. The molecule has 0 saturated heterocycles. The number of ether oxygens (including phenoxy) is 1. The highest BCUT2D eigenvalue weighted by atomic mass is 16.5. The molecular weight excluding hydrogens is 246 g/mol. The first-order valence-corrected chi connectivity index (χ1v) is 7.01. The maximum atomic E-state index is 6.26. The lowest BCUT2D eigenvalue weighted by Gasteiger charge is -2.18. The van der Waals surface area contributed by atoms with Crippen LogP contribution in [-0.4, -0.2) is 6.61 Å². The third kappa shape index (κ3) is 3.02. The summed E-state index contributed by atoms with van der Waals surface area (Å²) in [5.74, 6) is 0.967. The zero-order valence-electron chi connectivity index (χ0n) is 12.7. The molecule has 20 heavy (non-hydrogen) atoms. The quantitative estimate of drug-likeness (QED) is 0.910. The Kier molecular flexibility index (Phi) is 4.46. The van der Waals surface area contributed by atoms with Crippen molar-refractivity contribution in [3.8, 4) is 5.75 Å². The predicted octanol–water partition coefficient (Wildman–Crippen LogP) is 4.00. The van der Waals surface area contributed by atoms with Crippen LogP contribution in [0.15, 0.2) is 36.4 Å². The summed E-state index contributed by atoms with van der Waals surface area (Å²) in [7, 11) is 0. The van der Waals surface area contributed by atoms with Crippen LogP contribution in [0, 0.1) is 27.7 Å². The van der Waals surface area contributed by atoms with Crippen LogP contribution in [0.5, 0.6) is 5.75 Å². The molecule has 2 aromatic carbocycles. The molecule has 0 fully saturated rings. The molecule has 106 valence electrons. The Labute approximate surface area is 121 Å². The van der Waals surface area contributed by atoms with Crippen molar-refractivity contribution in [3.63, 3.8) is 0 Å². The fourth-order valence-corrected chi connectivity index (χ4v) is 2.41. The van der Waals surface area contributed by atoms with E-state index in [1.165, 1.54) is 16.7 Å². The fourth-order valence-electron chi connectivity index (χ4n) is 2.41. The van der Waals surface area contributed by atoms with Gasteiger partial charge in [-0.25, -0.2) is 0 Å². The van der Waals surface area contributed by atoms with Gasteiger partial charge in [-0.2, -0.15) is 0 Å². The molecule has 2 N–H and O–H groups in total. The van der Waals surface area contributed by atoms with Gasteiger partial charge in [-0.3, -0.25) is 0 Å². The Morgan fingerprint density at radius 3 is 2.25 bits per heavy atom. The molecule has 0 aliphatic heterocycles. The van der Waals surface area contributed by atoms with Gasteiger partial charge < -0.3 is 10.5 Å². The molecule has 0 bridgehead atoms. The molecule has 0 aromatic heterocycles. The fraction of sp³-hybridized carbons (Fsp3) is 0.333. The van der Waals surface area contributed by atoms with Crippen molar-refractivity contribution in [1.29, 1.82) is 0 Å². The zero-order valence-corrected chi connectivity index (χ0v) is 12.7. The van der Waals surface area contributed by atoms with E-state index < -0.39 is 0 Å². The molecule has 2 nitrogen and oxygen atoms in total. The smallest absolute Gasteiger partial charge is 0.125 e. The van der Waals surface area contributed by atoms with E-state index in [0.29, 0.717) is 6.61 Å².